The van der Waals surface area contributed by atoms with Crippen LogP contribution in [-0.4, -0.2) is 36.3 Å². The normalized spacial score (nSPS) is 16.7. The Labute approximate surface area is 162 Å². The monoisotopic (exact) mass is 376 g/mol. The van der Waals surface area contributed by atoms with Crippen LogP contribution in [0.3, 0.4) is 0 Å². The molecule has 6 nitrogen and oxygen atoms in total. The Morgan fingerprint density at radius 1 is 1.19 bits per heavy atom. The van der Waals surface area contributed by atoms with Gasteiger partial charge in [-0.25, -0.2) is 4.79 Å². The lowest BCUT2D eigenvalue weighted by atomic mass is 9.88. The van der Waals surface area contributed by atoms with Crippen molar-refractivity contribution in [2.24, 2.45) is 0 Å². The average Bonchev–Trinajstić information content (AvgIpc) is 2.63. The van der Waals surface area contributed by atoms with Crippen LogP contribution in [-0.2, 0) is 9.53 Å². The molecule has 1 aliphatic heterocycles. The van der Waals surface area contributed by atoms with E-state index in [1.165, 1.54) is 0 Å². The first-order valence-corrected chi connectivity index (χ1v) is 9.70. The number of fused-ring (bicyclic) bond motifs is 1. The van der Waals surface area contributed by atoms with Gasteiger partial charge in [0.25, 0.3) is 0 Å². The van der Waals surface area contributed by atoms with E-state index in [9.17, 15) is 9.59 Å². The van der Waals surface area contributed by atoms with Gasteiger partial charge in [0.1, 0.15) is 11.4 Å². The van der Waals surface area contributed by atoms with Crippen LogP contribution >= 0.6 is 0 Å². The second-order valence-corrected chi connectivity index (χ2v) is 8.06. The fourth-order valence-electron chi connectivity index (χ4n) is 3.24. The third-order valence-corrected chi connectivity index (χ3v) is 4.99. The molecule has 2 amide bonds. The third-order valence-electron chi connectivity index (χ3n) is 4.99. The number of alkyl carbamates (subject to hydrolysis) is 1. The highest BCUT2D eigenvalue weighted by molar-refractivity contribution is 5.85. The van der Waals surface area contributed by atoms with Crippen LogP contribution < -0.4 is 15.4 Å². The minimum atomic E-state index is -0.555. The largest absolute Gasteiger partial charge is 0.493 e. The van der Waals surface area contributed by atoms with Crippen LogP contribution in [0, 0.1) is 0 Å². The van der Waals surface area contributed by atoms with Crippen LogP contribution in [0.5, 0.6) is 5.75 Å². The topological polar surface area (TPSA) is 76.7 Å². The Morgan fingerprint density at radius 3 is 2.48 bits per heavy atom. The maximum Gasteiger partial charge on any atom is 0.407 e. The molecule has 0 fully saturated rings. The van der Waals surface area contributed by atoms with Crippen molar-refractivity contribution in [1.82, 2.24) is 10.6 Å². The summed E-state index contributed by atoms with van der Waals surface area (Å²) in [7, 11) is 0. The molecule has 2 N–H and O–H groups in total. The number of hydrogen-bond donors (Lipinski definition) is 2. The summed E-state index contributed by atoms with van der Waals surface area (Å²) in [6.07, 6.45) is 1.58. The highest BCUT2D eigenvalue weighted by Gasteiger charge is 2.34. The molecular weight excluding hydrogens is 344 g/mol. The van der Waals surface area contributed by atoms with Crippen molar-refractivity contribution in [3.8, 4) is 5.75 Å². The molecule has 1 aliphatic rings. The number of hydrogen-bond acceptors (Lipinski definition) is 4. The Balaban J connectivity index is 2.07. The van der Waals surface area contributed by atoms with E-state index in [-0.39, 0.29) is 11.8 Å². The van der Waals surface area contributed by atoms with Gasteiger partial charge in [0.15, 0.2) is 0 Å². The van der Waals surface area contributed by atoms with E-state index in [0.717, 1.165) is 11.3 Å². The Hall–Kier alpha value is -2.24. The van der Waals surface area contributed by atoms with Gasteiger partial charge in [0, 0.05) is 12.1 Å². The smallest absolute Gasteiger partial charge is 0.407 e. The van der Waals surface area contributed by atoms with E-state index in [0.29, 0.717) is 32.4 Å². The summed E-state index contributed by atoms with van der Waals surface area (Å²) in [5.41, 5.74) is -0.149. The number of rotatable bonds is 6. The maximum absolute atomic E-state index is 13.1. The Kier molecular flexibility index (Phi) is 6.73. The molecule has 27 heavy (non-hydrogen) atoms. The van der Waals surface area contributed by atoms with Gasteiger partial charge in [0.2, 0.25) is 5.91 Å². The molecule has 1 aromatic carbocycles. The molecule has 150 valence electrons. The summed E-state index contributed by atoms with van der Waals surface area (Å²) in [4.78, 5) is 25.1. The van der Waals surface area contributed by atoms with Crippen molar-refractivity contribution in [3.63, 3.8) is 0 Å². The van der Waals surface area contributed by atoms with Gasteiger partial charge < -0.3 is 20.1 Å². The summed E-state index contributed by atoms with van der Waals surface area (Å²) in [6, 6.07) is 7.67. The van der Waals surface area contributed by atoms with Gasteiger partial charge in [-0.15, -0.1) is 0 Å². The summed E-state index contributed by atoms with van der Waals surface area (Å²) in [5.74, 6) is 0.503. The van der Waals surface area contributed by atoms with Crippen LogP contribution in [0.1, 0.15) is 65.4 Å². The Morgan fingerprint density at radius 2 is 1.85 bits per heavy atom. The first-order chi connectivity index (χ1) is 12.7. The number of amides is 2. The van der Waals surface area contributed by atoms with Crippen molar-refractivity contribution >= 4 is 12.0 Å². The van der Waals surface area contributed by atoms with Gasteiger partial charge in [-0.2, -0.15) is 0 Å². The number of carbonyl (C=O) groups excluding carboxylic acids is 2. The van der Waals surface area contributed by atoms with Crippen molar-refractivity contribution < 1.29 is 19.1 Å². The predicted molar refractivity (Wildman–Crippen MR) is 105 cm³/mol. The molecule has 1 unspecified atom stereocenters. The van der Waals surface area contributed by atoms with Crippen molar-refractivity contribution in [3.05, 3.63) is 29.8 Å². The summed E-state index contributed by atoms with van der Waals surface area (Å²) in [5, 5.41) is 6.00. The van der Waals surface area contributed by atoms with E-state index in [1.807, 2.05) is 58.9 Å². The highest BCUT2D eigenvalue weighted by Crippen LogP contribution is 2.34. The van der Waals surface area contributed by atoms with Crippen molar-refractivity contribution in [1.29, 1.82) is 0 Å². The van der Waals surface area contributed by atoms with E-state index in [2.05, 4.69) is 10.6 Å². The second kappa shape index (κ2) is 8.63. The second-order valence-electron chi connectivity index (χ2n) is 8.06. The zero-order valence-corrected chi connectivity index (χ0v) is 17.1. The fourth-order valence-corrected chi connectivity index (χ4v) is 3.24. The molecular formula is C21H32N2O4. The molecule has 1 heterocycles. The van der Waals surface area contributed by atoms with Crippen LogP contribution in [0.25, 0.3) is 0 Å². The van der Waals surface area contributed by atoms with Crippen LogP contribution in [0.2, 0.25) is 0 Å². The summed E-state index contributed by atoms with van der Waals surface area (Å²) < 4.78 is 11.0. The van der Waals surface area contributed by atoms with E-state index in [1.54, 1.807) is 0 Å². The summed E-state index contributed by atoms with van der Waals surface area (Å²) in [6.45, 7) is 10.3. The summed E-state index contributed by atoms with van der Waals surface area (Å²) >= 11 is 0. The SMILES string of the molecule is CCC(CC)(CNC(=O)OC(C)(C)C)NC(=O)C1CCOc2ccccc21. The zero-order valence-electron chi connectivity index (χ0n) is 17.1. The van der Waals surface area contributed by atoms with Crippen molar-refractivity contribution in [2.75, 3.05) is 13.2 Å². The van der Waals surface area contributed by atoms with Gasteiger partial charge in [-0.1, -0.05) is 32.0 Å². The van der Waals surface area contributed by atoms with Crippen LogP contribution in [0.15, 0.2) is 24.3 Å². The number of carbonyl (C=O) groups is 2. The van der Waals surface area contributed by atoms with E-state index in [4.69, 9.17) is 9.47 Å². The Bertz CT molecular complexity index is 662. The lowest BCUT2D eigenvalue weighted by Gasteiger charge is -2.36. The maximum atomic E-state index is 13.1. The van der Waals surface area contributed by atoms with Crippen molar-refractivity contribution in [2.45, 2.75) is 70.9 Å². The first-order valence-electron chi connectivity index (χ1n) is 9.70. The fraction of sp³-hybridized carbons (Fsp3) is 0.619. The zero-order chi connectivity index (χ0) is 20.1. The lowest BCUT2D eigenvalue weighted by molar-refractivity contribution is -0.125. The molecule has 0 aliphatic carbocycles. The number of benzene rings is 1. The van der Waals surface area contributed by atoms with Gasteiger partial charge >= 0.3 is 6.09 Å². The molecule has 6 heteroatoms. The molecule has 2 rings (SSSR count). The minimum Gasteiger partial charge on any atom is -0.493 e. The number of para-hydroxylation sites is 1. The third kappa shape index (κ3) is 5.62. The molecule has 0 spiro atoms. The molecule has 0 bridgehead atoms. The van der Waals surface area contributed by atoms with Crippen LogP contribution in [0.4, 0.5) is 4.79 Å². The standard InChI is InChI=1S/C21H32N2O4/c1-6-21(7-2,14-22-19(25)27-20(3,4)5)23-18(24)16-12-13-26-17-11-9-8-10-15(16)17/h8-11,16H,6-7,12-14H2,1-5H3,(H,22,25)(H,23,24). The molecule has 0 radical (unpaired) electrons. The molecule has 1 atom stereocenters. The predicted octanol–water partition coefficient (Wildman–Crippen LogP) is 3.75. The van der Waals surface area contributed by atoms with Gasteiger partial charge in [-0.05, 0) is 46.1 Å². The van der Waals surface area contributed by atoms with E-state index >= 15 is 0 Å². The lowest BCUT2D eigenvalue weighted by Crippen LogP contribution is -2.56. The quantitative estimate of drug-likeness (QED) is 0.793. The molecule has 0 saturated heterocycles. The molecule has 1 aromatic rings. The molecule has 0 saturated carbocycles. The number of nitrogens with one attached hydrogen (secondary N) is 2. The highest BCUT2D eigenvalue weighted by atomic mass is 16.6. The van der Waals surface area contributed by atoms with Gasteiger partial charge in [-0.3, -0.25) is 4.79 Å². The minimum absolute atomic E-state index is 0.0274. The number of ether oxygens (including phenoxy) is 2. The first kappa shape index (κ1) is 21.1. The average molecular weight is 376 g/mol. The van der Waals surface area contributed by atoms with Gasteiger partial charge in [0.05, 0.1) is 18.1 Å². The van der Waals surface area contributed by atoms with E-state index < -0.39 is 17.2 Å². The molecule has 0 aromatic heterocycles.